The number of hydrogen-bond acceptors (Lipinski definition) is 2. The second kappa shape index (κ2) is 8.39. The molecule has 0 aliphatic heterocycles. The Balaban J connectivity index is 2.47. The van der Waals surface area contributed by atoms with E-state index in [2.05, 4.69) is 97.0 Å². The van der Waals surface area contributed by atoms with Crippen molar-refractivity contribution in [3.63, 3.8) is 0 Å². The van der Waals surface area contributed by atoms with Crippen molar-refractivity contribution in [2.24, 2.45) is 5.92 Å². The summed E-state index contributed by atoms with van der Waals surface area (Å²) < 4.78 is 0. The standard InChI is InChI=1S/C26H38O2/c1-19(2)16-26(7,22-12-8-20(9-13-22)24(3,4)17-27)23-14-10-21(11-15-23)25(5,6)18-28/h8-15,19,27-28H,16-18H2,1-7H3. The van der Waals surface area contributed by atoms with Gasteiger partial charge in [-0.15, -0.1) is 0 Å². The van der Waals surface area contributed by atoms with Gasteiger partial charge in [0.15, 0.2) is 0 Å². The summed E-state index contributed by atoms with van der Waals surface area (Å²) in [7, 11) is 0. The van der Waals surface area contributed by atoms with Crippen LogP contribution in [0.1, 0.15) is 77.1 Å². The van der Waals surface area contributed by atoms with Crippen LogP contribution in [0.4, 0.5) is 0 Å². The molecule has 0 radical (unpaired) electrons. The molecule has 0 fully saturated rings. The van der Waals surface area contributed by atoms with Crippen molar-refractivity contribution in [2.45, 2.75) is 71.1 Å². The van der Waals surface area contributed by atoms with E-state index in [4.69, 9.17) is 0 Å². The molecule has 154 valence electrons. The Bertz CT molecular complexity index is 693. The molecule has 0 atom stereocenters. The molecule has 0 unspecified atom stereocenters. The van der Waals surface area contributed by atoms with Crippen LogP contribution in [0, 0.1) is 5.92 Å². The molecule has 2 rings (SSSR count). The van der Waals surface area contributed by atoms with Crippen LogP contribution in [0.15, 0.2) is 48.5 Å². The number of rotatable bonds is 8. The van der Waals surface area contributed by atoms with E-state index in [1.165, 1.54) is 11.1 Å². The van der Waals surface area contributed by atoms with Gasteiger partial charge in [-0.1, -0.05) is 97.0 Å². The normalized spacial score (nSPS) is 13.2. The molecule has 0 saturated carbocycles. The molecule has 28 heavy (non-hydrogen) atoms. The average Bonchev–Trinajstić information content (AvgIpc) is 2.67. The molecule has 2 nitrogen and oxygen atoms in total. The topological polar surface area (TPSA) is 40.5 Å². The van der Waals surface area contributed by atoms with Gasteiger partial charge in [0.1, 0.15) is 0 Å². The number of benzene rings is 2. The van der Waals surface area contributed by atoms with E-state index in [1.807, 2.05) is 0 Å². The van der Waals surface area contributed by atoms with Gasteiger partial charge in [0.25, 0.3) is 0 Å². The molecule has 0 bridgehead atoms. The van der Waals surface area contributed by atoms with Crippen LogP contribution in [-0.4, -0.2) is 23.4 Å². The Labute approximate surface area is 171 Å². The van der Waals surface area contributed by atoms with Crippen LogP contribution < -0.4 is 0 Å². The van der Waals surface area contributed by atoms with Crippen molar-refractivity contribution in [3.05, 3.63) is 70.8 Å². The number of aliphatic hydroxyl groups excluding tert-OH is 2. The largest absolute Gasteiger partial charge is 0.395 e. The van der Waals surface area contributed by atoms with E-state index in [-0.39, 0.29) is 29.5 Å². The molecule has 2 aromatic rings. The first-order chi connectivity index (χ1) is 13.0. The fourth-order valence-corrected chi connectivity index (χ4v) is 3.98. The van der Waals surface area contributed by atoms with Gasteiger partial charge in [-0.2, -0.15) is 0 Å². The Morgan fingerprint density at radius 2 is 0.893 bits per heavy atom. The van der Waals surface area contributed by atoms with Gasteiger partial charge in [-0.05, 0) is 34.6 Å². The third kappa shape index (κ3) is 4.67. The quantitative estimate of drug-likeness (QED) is 0.626. The molecule has 0 spiro atoms. The Hall–Kier alpha value is -1.64. The van der Waals surface area contributed by atoms with Crippen LogP contribution in [0.25, 0.3) is 0 Å². The lowest BCUT2D eigenvalue weighted by atomic mass is 9.70. The minimum atomic E-state index is -0.232. The van der Waals surface area contributed by atoms with E-state index in [0.29, 0.717) is 5.92 Å². The predicted molar refractivity (Wildman–Crippen MR) is 119 cm³/mol. The molecule has 0 saturated heterocycles. The fraction of sp³-hybridized carbons (Fsp3) is 0.538. The lowest BCUT2D eigenvalue weighted by Gasteiger charge is -2.34. The minimum Gasteiger partial charge on any atom is -0.395 e. The molecule has 0 aromatic heterocycles. The summed E-state index contributed by atoms with van der Waals surface area (Å²) in [6.07, 6.45) is 1.05. The second-order valence-corrected chi connectivity index (χ2v) is 10.2. The highest BCUT2D eigenvalue weighted by Gasteiger charge is 2.31. The van der Waals surface area contributed by atoms with Crippen molar-refractivity contribution in [2.75, 3.05) is 13.2 Å². The summed E-state index contributed by atoms with van der Waals surface area (Å²) in [5, 5.41) is 19.3. The summed E-state index contributed by atoms with van der Waals surface area (Å²) in [6, 6.07) is 17.5. The maximum atomic E-state index is 9.67. The minimum absolute atomic E-state index is 0.0854. The fourth-order valence-electron chi connectivity index (χ4n) is 3.98. The molecule has 2 N–H and O–H groups in total. The van der Waals surface area contributed by atoms with E-state index in [9.17, 15) is 10.2 Å². The Kier molecular flexibility index (Phi) is 6.78. The maximum absolute atomic E-state index is 9.67. The predicted octanol–water partition coefficient (Wildman–Crippen LogP) is 5.58. The lowest BCUT2D eigenvalue weighted by molar-refractivity contribution is 0.218. The van der Waals surface area contributed by atoms with Gasteiger partial charge >= 0.3 is 0 Å². The smallest absolute Gasteiger partial charge is 0.0522 e. The lowest BCUT2D eigenvalue weighted by Crippen LogP contribution is -2.27. The average molecular weight is 383 g/mol. The highest BCUT2D eigenvalue weighted by molar-refractivity contribution is 5.42. The van der Waals surface area contributed by atoms with Crippen molar-refractivity contribution < 1.29 is 10.2 Å². The van der Waals surface area contributed by atoms with Gasteiger partial charge in [-0.25, -0.2) is 0 Å². The highest BCUT2D eigenvalue weighted by Crippen LogP contribution is 2.39. The number of aliphatic hydroxyl groups is 2. The monoisotopic (exact) mass is 382 g/mol. The van der Waals surface area contributed by atoms with Crippen LogP contribution in [0.5, 0.6) is 0 Å². The van der Waals surface area contributed by atoms with Gasteiger partial charge in [0.05, 0.1) is 13.2 Å². The van der Waals surface area contributed by atoms with Gasteiger partial charge in [0, 0.05) is 16.2 Å². The van der Waals surface area contributed by atoms with E-state index >= 15 is 0 Å². The maximum Gasteiger partial charge on any atom is 0.0522 e. The first-order valence-corrected chi connectivity index (χ1v) is 10.4. The van der Waals surface area contributed by atoms with E-state index < -0.39 is 0 Å². The second-order valence-electron chi connectivity index (χ2n) is 10.2. The first kappa shape index (κ1) is 22.6. The van der Waals surface area contributed by atoms with Crippen LogP contribution in [0.2, 0.25) is 0 Å². The van der Waals surface area contributed by atoms with Gasteiger partial charge < -0.3 is 10.2 Å². The molecular weight excluding hydrogens is 344 g/mol. The molecular formula is C26H38O2. The van der Waals surface area contributed by atoms with Crippen molar-refractivity contribution in [3.8, 4) is 0 Å². The molecule has 2 heteroatoms. The molecule has 0 aliphatic carbocycles. The van der Waals surface area contributed by atoms with Crippen molar-refractivity contribution >= 4 is 0 Å². The van der Waals surface area contributed by atoms with Crippen LogP contribution in [0.3, 0.4) is 0 Å². The van der Waals surface area contributed by atoms with Crippen molar-refractivity contribution in [1.82, 2.24) is 0 Å². The van der Waals surface area contributed by atoms with Crippen LogP contribution in [-0.2, 0) is 16.2 Å². The van der Waals surface area contributed by atoms with Gasteiger partial charge in [0.2, 0.25) is 0 Å². The summed E-state index contributed by atoms with van der Waals surface area (Å²) in [5.41, 5.74) is 4.37. The van der Waals surface area contributed by atoms with Crippen molar-refractivity contribution in [1.29, 1.82) is 0 Å². The summed E-state index contributed by atoms with van der Waals surface area (Å²) in [5.74, 6) is 0.562. The Morgan fingerprint density at radius 1 is 0.607 bits per heavy atom. The summed E-state index contributed by atoms with van der Waals surface area (Å²) in [4.78, 5) is 0. The molecule has 2 aromatic carbocycles. The van der Waals surface area contributed by atoms with Crippen LogP contribution >= 0.6 is 0 Å². The first-order valence-electron chi connectivity index (χ1n) is 10.4. The third-order valence-corrected chi connectivity index (χ3v) is 6.21. The summed E-state index contributed by atoms with van der Waals surface area (Å²) >= 11 is 0. The van der Waals surface area contributed by atoms with E-state index in [0.717, 1.165) is 17.5 Å². The molecule has 0 aliphatic rings. The summed E-state index contributed by atoms with van der Waals surface area (Å²) in [6.45, 7) is 15.4. The zero-order chi connectivity index (χ0) is 21.2. The highest BCUT2D eigenvalue weighted by atomic mass is 16.3. The molecule has 0 amide bonds. The molecule has 0 heterocycles. The zero-order valence-corrected chi connectivity index (χ0v) is 18.7. The number of hydrogen-bond donors (Lipinski definition) is 2. The SMILES string of the molecule is CC(C)CC(C)(c1ccc(C(C)(C)CO)cc1)c1ccc(C(C)(C)CO)cc1. The Morgan fingerprint density at radius 3 is 1.14 bits per heavy atom. The third-order valence-electron chi connectivity index (χ3n) is 6.21. The van der Waals surface area contributed by atoms with Gasteiger partial charge in [-0.3, -0.25) is 0 Å². The van der Waals surface area contributed by atoms with E-state index in [1.54, 1.807) is 0 Å². The zero-order valence-electron chi connectivity index (χ0n) is 18.7.